The lowest BCUT2D eigenvalue weighted by Gasteiger charge is -2.50. The molecular weight excluding hydrogens is 242 g/mol. The number of hydrogen-bond donors (Lipinski definition) is 1. The lowest BCUT2D eigenvalue weighted by molar-refractivity contribution is 0.128. The van der Waals surface area contributed by atoms with Gasteiger partial charge in [-0.25, -0.2) is 0 Å². The Hall–Kier alpha value is -0.820. The maximum atomic E-state index is 3.91. The van der Waals surface area contributed by atoms with E-state index in [1.807, 2.05) is 0 Å². The van der Waals surface area contributed by atoms with E-state index in [0.29, 0.717) is 11.5 Å². The van der Waals surface area contributed by atoms with E-state index in [0.717, 1.165) is 5.92 Å². The highest BCUT2D eigenvalue weighted by Crippen LogP contribution is 2.49. The summed E-state index contributed by atoms with van der Waals surface area (Å²) in [5, 5.41) is 3.91. The Morgan fingerprint density at radius 2 is 1.90 bits per heavy atom. The zero-order valence-corrected chi connectivity index (χ0v) is 12.9. The van der Waals surface area contributed by atoms with Gasteiger partial charge in [-0.1, -0.05) is 62.9 Å². The van der Waals surface area contributed by atoms with Crippen LogP contribution in [-0.2, 0) is 5.41 Å². The first-order valence-electron chi connectivity index (χ1n) is 8.64. The van der Waals surface area contributed by atoms with E-state index in [2.05, 4.69) is 42.6 Å². The van der Waals surface area contributed by atoms with Crippen LogP contribution in [0.15, 0.2) is 30.3 Å². The van der Waals surface area contributed by atoms with Crippen molar-refractivity contribution >= 4 is 0 Å². The normalized spacial score (nSPS) is 22.9. The zero-order valence-electron chi connectivity index (χ0n) is 12.9. The predicted molar refractivity (Wildman–Crippen MR) is 86.0 cm³/mol. The van der Waals surface area contributed by atoms with Crippen molar-refractivity contribution in [2.75, 3.05) is 6.54 Å². The van der Waals surface area contributed by atoms with Crippen LogP contribution < -0.4 is 5.32 Å². The Bertz CT molecular complexity index is 403. The molecule has 0 spiro atoms. The van der Waals surface area contributed by atoms with Gasteiger partial charge in [-0.3, -0.25) is 0 Å². The first kappa shape index (κ1) is 14.1. The highest BCUT2D eigenvalue weighted by Gasteiger charge is 2.45. The van der Waals surface area contributed by atoms with E-state index < -0.39 is 0 Å². The quantitative estimate of drug-likeness (QED) is 0.760. The van der Waals surface area contributed by atoms with Gasteiger partial charge in [-0.15, -0.1) is 0 Å². The lowest BCUT2D eigenvalue weighted by atomic mass is 9.58. The average Bonchev–Trinajstić information content (AvgIpc) is 2.39. The minimum absolute atomic E-state index is 0.437. The van der Waals surface area contributed by atoms with Gasteiger partial charge in [0.25, 0.3) is 0 Å². The Morgan fingerprint density at radius 3 is 2.40 bits per heavy atom. The third-order valence-electron chi connectivity index (χ3n) is 5.70. The van der Waals surface area contributed by atoms with Crippen LogP contribution in [0.4, 0.5) is 0 Å². The molecule has 1 aromatic carbocycles. The third-order valence-corrected chi connectivity index (χ3v) is 5.70. The summed E-state index contributed by atoms with van der Waals surface area (Å²) in [7, 11) is 0. The molecule has 0 amide bonds. The van der Waals surface area contributed by atoms with Crippen LogP contribution in [0.1, 0.15) is 63.9 Å². The fraction of sp³-hybridized carbons (Fsp3) is 0.684. The molecule has 3 rings (SSSR count). The molecule has 0 aliphatic heterocycles. The number of nitrogens with one attached hydrogen (secondary N) is 1. The van der Waals surface area contributed by atoms with Crippen LogP contribution in [-0.4, -0.2) is 12.6 Å². The number of benzene rings is 1. The summed E-state index contributed by atoms with van der Waals surface area (Å²) in [6.07, 6.45) is 11.2. The summed E-state index contributed by atoms with van der Waals surface area (Å²) in [5.74, 6) is 0.991. The maximum Gasteiger partial charge on any atom is 0.0167 e. The van der Waals surface area contributed by atoms with Gasteiger partial charge in [-0.05, 0) is 43.7 Å². The molecular formula is C19H29N. The zero-order chi connectivity index (χ0) is 13.8. The summed E-state index contributed by atoms with van der Waals surface area (Å²) in [4.78, 5) is 0. The highest BCUT2D eigenvalue weighted by atomic mass is 14.9. The van der Waals surface area contributed by atoms with Gasteiger partial charge >= 0.3 is 0 Å². The van der Waals surface area contributed by atoms with Gasteiger partial charge in [0.15, 0.2) is 0 Å². The minimum atomic E-state index is 0.437. The summed E-state index contributed by atoms with van der Waals surface area (Å²) in [6, 6.07) is 12.0. The van der Waals surface area contributed by atoms with E-state index in [1.54, 1.807) is 5.56 Å². The lowest BCUT2D eigenvalue weighted by Crippen LogP contribution is -2.54. The maximum absolute atomic E-state index is 3.91. The molecule has 20 heavy (non-hydrogen) atoms. The topological polar surface area (TPSA) is 12.0 Å². The monoisotopic (exact) mass is 271 g/mol. The van der Waals surface area contributed by atoms with Crippen molar-refractivity contribution in [1.29, 1.82) is 0 Å². The van der Waals surface area contributed by atoms with Gasteiger partial charge in [-0.2, -0.15) is 0 Å². The second kappa shape index (κ2) is 6.30. The second-order valence-electron chi connectivity index (χ2n) is 6.92. The molecule has 2 saturated carbocycles. The molecule has 1 aromatic rings. The standard InChI is InChI=1S/C19H29N/c1-2-14-20-18(15-16-8-6-9-16)19(12-7-13-19)17-10-4-3-5-11-17/h3-5,10-11,16,18,20H,2,6-9,12-15H2,1H3. The van der Waals surface area contributed by atoms with Crippen LogP contribution in [0.2, 0.25) is 0 Å². The van der Waals surface area contributed by atoms with Gasteiger partial charge in [0, 0.05) is 11.5 Å². The molecule has 0 bridgehead atoms. The molecule has 110 valence electrons. The molecule has 1 nitrogen and oxygen atoms in total. The van der Waals surface area contributed by atoms with Crippen molar-refractivity contribution in [1.82, 2.24) is 5.32 Å². The van der Waals surface area contributed by atoms with E-state index in [-0.39, 0.29) is 0 Å². The molecule has 1 atom stereocenters. The smallest absolute Gasteiger partial charge is 0.0167 e. The second-order valence-corrected chi connectivity index (χ2v) is 6.92. The molecule has 0 radical (unpaired) electrons. The Labute approximate surface area is 124 Å². The minimum Gasteiger partial charge on any atom is -0.313 e. The van der Waals surface area contributed by atoms with Gasteiger partial charge in [0.2, 0.25) is 0 Å². The number of hydrogen-bond acceptors (Lipinski definition) is 1. The van der Waals surface area contributed by atoms with E-state index >= 15 is 0 Å². The largest absolute Gasteiger partial charge is 0.313 e. The van der Waals surface area contributed by atoms with Crippen molar-refractivity contribution < 1.29 is 0 Å². The molecule has 2 fully saturated rings. The summed E-state index contributed by atoms with van der Waals surface area (Å²) in [6.45, 7) is 3.45. The van der Waals surface area contributed by atoms with E-state index in [1.165, 1.54) is 57.9 Å². The summed E-state index contributed by atoms with van der Waals surface area (Å²) >= 11 is 0. The fourth-order valence-corrected chi connectivity index (χ4v) is 4.05. The Morgan fingerprint density at radius 1 is 1.15 bits per heavy atom. The molecule has 1 heteroatoms. The third kappa shape index (κ3) is 2.65. The first-order chi connectivity index (χ1) is 9.85. The predicted octanol–water partition coefficient (Wildman–Crippen LogP) is 4.67. The summed E-state index contributed by atoms with van der Waals surface area (Å²) in [5.41, 5.74) is 2.02. The van der Waals surface area contributed by atoms with Gasteiger partial charge in [0.05, 0.1) is 0 Å². The Kier molecular flexibility index (Phi) is 4.45. The molecule has 1 unspecified atom stereocenters. The number of rotatable bonds is 7. The van der Waals surface area contributed by atoms with Crippen LogP contribution >= 0.6 is 0 Å². The molecule has 2 aliphatic carbocycles. The summed E-state index contributed by atoms with van der Waals surface area (Å²) < 4.78 is 0. The van der Waals surface area contributed by atoms with Crippen LogP contribution in [0, 0.1) is 5.92 Å². The molecule has 0 saturated heterocycles. The van der Waals surface area contributed by atoms with E-state index in [9.17, 15) is 0 Å². The van der Waals surface area contributed by atoms with E-state index in [4.69, 9.17) is 0 Å². The van der Waals surface area contributed by atoms with Crippen molar-refractivity contribution in [2.45, 2.75) is 69.7 Å². The fourth-order valence-electron chi connectivity index (χ4n) is 4.05. The van der Waals surface area contributed by atoms with Crippen LogP contribution in [0.3, 0.4) is 0 Å². The van der Waals surface area contributed by atoms with Gasteiger partial charge in [0.1, 0.15) is 0 Å². The average molecular weight is 271 g/mol. The SMILES string of the molecule is CCCNC(CC1CCC1)C1(c2ccccc2)CCC1. The highest BCUT2D eigenvalue weighted by molar-refractivity contribution is 5.30. The van der Waals surface area contributed by atoms with Crippen LogP contribution in [0.25, 0.3) is 0 Å². The molecule has 2 aliphatic rings. The molecule has 0 aromatic heterocycles. The van der Waals surface area contributed by atoms with Crippen LogP contribution in [0.5, 0.6) is 0 Å². The van der Waals surface area contributed by atoms with Crippen molar-refractivity contribution in [3.63, 3.8) is 0 Å². The molecule has 1 N–H and O–H groups in total. The van der Waals surface area contributed by atoms with Crippen molar-refractivity contribution in [2.24, 2.45) is 5.92 Å². The molecule has 0 heterocycles. The van der Waals surface area contributed by atoms with Gasteiger partial charge < -0.3 is 5.32 Å². The van der Waals surface area contributed by atoms with Crippen molar-refractivity contribution in [3.05, 3.63) is 35.9 Å². The first-order valence-corrected chi connectivity index (χ1v) is 8.64. The Balaban J connectivity index is 1.78. The van der Waals surface area contributed by atoms with Crippen molar-refractivity contribution in [3.8, 4) is 0 Å².